The Labute approximate surface area is 191 Å². The van der Waals surface area contributed by atoms with Crippen LogP contribution in [0.4, 0.5) is 4.39 Å². The molecule has 0 saturated heterocycles. The van der Waals surface area contributed by atoms with Crippen molar-refractivity contribution in [3.05, 3.63) is 76.6 Å². The molecule has 6 rings (SSSR count). The van der Waals surface area contributed by atoms with Gasteiger partial charge >= 0.3 is 0 Å². The van der Waals surface area contributed by atoms with Crippen molar-refractivity contribution in [1.29, 1.82) is 0 Å². The molecule has 0 N–H and O–H groups in total. The van der Waals surface area contributed by atoms with E-state index >= 15 is 0 Å². The standard InChI is InChI=1S/C22H17ClFN7O2/c23-14-7-8-30-11-25-16(21(30)20(14)24)3-5-17(32)22-28-27-19(33-22)9-13-10-31-18(26-13)6-4-15(29-31)12-1-2-12/h4,6-8,10-12H,1-3,5,9H2. The van der Waals surface area contributed by atoms with E-state index in [4.69, 9.17) is 16.0 Å². The number of pyridine rings is 1. The molecule has 166 valence electrons. The number of hydrogen-bond donors (Lipinski definition) is 0. The fourth-order valence-corrected chi connectivity index (χ4v) is 3.97. The SMILES string of the molecule is O=C(CCc1ncn2ccc(Cl)c(F)c12)c1nnc(Cc2cn3nc(C4CC4)ccc3n2)o1. The monoisotopic (exact) mass is 465 g/mol. The maximum absolute atomic E-state index is 14.4. The van der Waals surface area contributed by atoms with Crippen LogP contribution in [0.15, 0.2) is 41.3 Å². The van der Waals surface area contributed by atoms with Crippen molar-refractivity contribution in [3.8, 4) is 0 Å². The van der Waals surface area contributed by atoms with Gasteiger partial charge in [0.25, 0.3) is 5.89 Å². The molecular weight excluding hydrogens is 449 g/mol. The number of imidazole rings is 2. The van der Waals surface area contributed by atoms with E-state index in [1.165, 1.54) is 29.6 Å². The molecule has 0 amide bonds. The predicted octanol–water partition coefficient (Wildman–Crippen LogP) is 3.84. The van der Waals surface area contributed by atoms with Crippen molar-refractivity contribution in [2.24, 2.45) is 0 Å². The van der Waals surface area contributed by atoms with Crippen molar-refractivity contribution in [3.63, 3.8) is 0 Å². The largest absolute Gasteiger partial charge is 0.418 e. The average molecular weight is 466 g/mol. The van der Waals surface area contributed by atoms with Gasteiger partial charge in [-0.1, -0.05) is 11.6 Å². The molecule has 0 spiro atoms. The minimum Gasteiger partial charge on any atom is -0.418 e. The summed E-state index contributed by atoms with van der Waals surface area (Å²) in [5, 5.41) is 12.5. The summed E-state index contributed by atoms with van der Waals surface area (Å²) in [7, 11) is 0. The van der Waals surface area contributed by atoms with Gasteiger partial charge in [-0.05, 0) is 37.5 Å². The molecule has 0 aliphatic heterocycles. The molecule has 1 saturated carbocycles. The summed E-state index contributed by atoms with van der Waals surface area (Å²) < 4.78 is 23.2. The normalized spacial score (nSPS) is 13.9. The quantitative estimate of drug-likeness (QED) is 0.336. The molecule has 11 heteroatoms. The molecule has 0 radical (unpaired) electrons. The molecule has 0 unspecified atom stereocenters. The number of carbonyl (C=O) groups excluding carboxylic acids is 1. The number of aromatic nitrogens is 7. The third-order valence-corrected chi connectivity index (χ3v) is 5.97. The first-order valence-electron chi connectivity index (χ1n) is 10.6. The van der Waals surface area contributed by atoms with Crippen LogP contribution in [0.2, 0.25) is 5.02 Å². The fraction of sp³-hybridized carbons (Fsp3) is 0.273. The number of Topliss-reactive ketones (excluding diaryl/α,β-unsaturated/α-hetero) is 1. The van der Waals surface area contributed by atoms with Crippen LogP contribution in [0.3, 0.4) is 0 Å². The maximum atomic E-state index is 14.4. The smallest absolute Gasteiger partial charge is 0.284 e. The van der Waals surface area contributed by atoms with E-state index < -0.39 is 5.82 Å². The number of fused-ring (bicyclic) bond motifs is 2. The van der Waals surface area contributed by atoms with Crippen LogP contribution in [0.25, 0.3) is 11.2 Å². The second-order valence-electron chi connectivity index (χ2n) is 8.09. The van der Waals surface area contributed by atoms with Crippen LogP contribution in [0, 0.1) is 5.82 Å². The molecule has 1 fully saturated rings. The second-order valence-corrected chi connectivity index (χ2v) is 8.50. The minimum absolute atomic E-state index is 0.00280. The van der Waals surface area contributed by atoms with Crippen LogP contribution in [0.1, 0.15) is 58.8 Å². The molecule has 5 aromatic heterocycles. The molecule has 5 aromatic rings. The Bertz CT molecular complexity index is 1520. The van der Waals surface area contributed by atoms with Gasteiger partial charge in [0.1, 0.15) is 5.52 Å². The molecule has 9 nitrogen and oxygen atoms in total. The summed E-state index contributed by atoms with van der Waals surface area (Å²) in [6.45, 7) is 0. The highest BCUT2D eigenvalue weighted by molar-refractivity contribution is 6.31. The number of hydrogen-bond acceptors (Lipinski definition) is 7. The number of rotatable bonds is 7. The van der Waals surface area contributed by atoms with Gasteiger partial charge in [-0.15, -0.1) is 10.2 Å². The second kappa shape index (κ2) is 7.73. The number of aryl methyl sites for hydroxylation is 1. The van der Waals surface area contributed by atoms with Crippen molar-refractivity contribution >= 4 is 28.5 Å². The summed E-state index contributed by atoms with van der Waals surface area (Å²) in [6, 6.07) is 5.41. The van der Waals surface area contributed by atoms with E-state index in [1.54, 1.807) is 10.7 Å². The van der Waals surface area contributed by atoms with Gasteiger partial charge in [-0.25, -0.2) is 18.9 Å². The van der Waals surface area contributed by atoms with Crippen LogP contribution in [0.5, 0.6) is 0 Å². The zero-order valence-electron chi connectivity index (χ0n) is 17.3. The number of carbonyl (C=O) groups is 1. The summed E-state index contributed by atoms with van der Waals surface area (Å²) in [6.07, 6.45) is 7.83. The van der Waals surface area contributed by atoms with Crippen LogP contribution < -0.4 is 0 Å². The Hall–Kier alpha value is -3.66. The first-order chi connectivity index (χ1) is 16.0. The lowest BCUT2D eigenvalue weighted by Gasteiger charge is -2.01. The molecule has 1 aliphatic carbocycles. The van der Waals surface area contributed by atoms with Gasteiger partial charge in [0.2, 0.25) is 11.7 Å². The van der Waals surface area contributed by atoms with Gasteiger partial charge in [-0.2, -0.15) is 5.10 Å². The highest BCUT2D eigenvalue weighted by Crippen LogP contribution is 2.38. The van der Waals surface area contributed by atoms with Crippen LogP contribution >= 0.6 is 11.6 Å². The lowest BCUT2D eigenvalue weighted by atomic mass is 10.1. The molecule has 1 aliphatic rings. The highest BCUT2D eigenvalue weighted by Gasteiger charge is 2.25. The summed E-state index contributed by atoms with van der Waals surface area (Å²) >= 11 is 5.87. The summed E-state index contributed by atoms with van der Waals surface area (Å²) in [5.74, 6) is -0.161. The van der Waals surface area contributed by atoms with Crippen molar-refractivity contribution in [2.75, 3.05) is 0 Å². The number of nitrogens with zero attached hydrogens (tertiary/aromatic N) is 7. The molecule has 0 aromatic carbocycles. The average Bonchev–Trinajstić information content (AvgIpc) is 3.23. The van der Waals surface area contributed by atoms with E-state index in [0.29, 0.717) is 11.6 Å². The molecule has 33 heavy (non-hydrogen) atoms. The number of ketones is 1. The number of halogens is 2. The Morgan fingerprint density at radius 3 is 2.97 bits per heavy atom. The molecule has 5 heterocycles. The maximum Gasteiger partial charge on any atom is 0.284 e. The third-order valence-electron chi connectivity index (χ3n) is 5.68. The minimum atomic E-state index is -0.564. The van der Waals surface area contributed by atoms with Crippen LogP contribution in [-0.2, 0) is 12.8 Å². The molecule has 0 atom stereocenters. The van der Waals surface area contributed by atoms with Crippen molar-refractivity contribution in [1.82, 2.24) is 34.2 Å². The van der Waals surface area contributed by atoms with Gasteiger partial charge in [0, 0.05) is 18.5 Å². The molecular formula is C22H17ClFN7O2. The Kier molecular flexibility index (Phi) is 4.68. The Morgan fingerprint density at radius 1 is 1.24 bits per heavy atom. The first-order valence-corrected chi connectivity index (χ1v) is 10.9. The lowest BCUT2D eigenvalue weighted by molar-refractivity contribution is 0.0947. The van der Waals surface area contributed by atoms with Gasteiger partial charge < -0.3 is 8.82 Å². The van der Waals surface area contributed by atoms with Crippen molar-refractivity contribution in [2.45, 2.75) is 38.0 Å². The lowest BCUT2D eigenvalue weighted by Crippen LogP contribution is -2.03. The van der Waals surface area contributed by atoms with Crippen molar-refractivity contribution < 1.29 is 13.6 Å². The van der Waals surface area contributed by atoms with E-state index in [1.807, 2.05) is 18.3 Å². The van der Waals surface area contributed by atoms with E-state index in [0.717, 1.165) is 17.0 Å². The van der Waals surface area contributed by atoms with E-state index in [-0.39, 0.29) is 47.4 Å². The zero-order chi connectivity index (χ0) is 22.5. The first kappa shape index (κ1) is 20.0. The van der Waals surface area contributed by atoms with E-state index in [9.17, 15) is 9.18 Å². The van der Waals surface area contributed by atoms with Gasteiger partial charge in [0.05, 0.1) is 41.0 Å². The van der Waals surface area contributed by atoms with Gasteiger partial charge in [0.15, 0.2) is 11.5 Å². The van der Waals surface area contributed by atoms with Gasteiger partial charge in [-0.3, -0.25) is 4.79 Å². The summed E-state index contributed by atoms with van der Waals surface area (Å²) in [4.78, 5) is 21.3. The molecule has 0 bridgehead atoms. The van der Waals surface area contributed by atoms with E-state index in [2.05, 4.69) is 25.3 Å². The van der Waals surface area contributed by atoms with Crippen LogP contribution in [-0.4, -0.2) is 40.0 Å². The fourth-order valence-electron chi connectivity index (χ4n) is 3.83. The third kappa shape index (κ3) is 3.76. The predicted molar refractivity (Wildman–Crippen MR) is 115 cm³/mol. The Morgan fingerprint density at radius 2 is 2.12 bits per heavy atom. The topological polar surface area (TPSA) is 103 Å². The summed E-state index contributed by atoms with van der Waals surface area (Å²) in [5.41, 5.74) is 3.22. The zero-order valence-corrected chi connectivity index (χ0v) is 18.0. The highest BCUT2D eigenvalue weighted by atomic mass is 35.5. The Balaban J connectivity index is 1.14.